The zero-order chi connectivity index (χ0) is 18.6. The standard InChI is InChI=1S/C22H21NO4/c24-11-9-21(15-10-12-26-13-15)23-22(25)27-14-20-18-7-3-1-5-16(18)17-6-2-4-8-19(17)20/h1-8,10,12-13,20-21,24H,9,11,14H2,(H,23,25)/t21-/m1/s1. The lowest BCUT2D eigenvalue weighted by atomic mass is 9.98. The summed E-state index contributed by atoms with van der Waals surface area (Å²) in [6.45, 7) is 0.219. The molecule has 1 heterocycles. The monoisotopic (exact) mass is 363 g/mol. The molecule has 5 nitrogen and oxygen atoms in total. The molecular weight excluding hydrogens is 342 g/mol. The summed E-state index contributed by atoms with van der Waals surface area (Å²) in [6.07, 6.45) is 2.99. The summed E-state index contributed by atoms with van der Waals surface area (Å²) in [6, 6.07) is 17.9. The Morgan fingerprint density at radius 1 is 1.07 bits per heavy atom. The third-order valence-electron chi connectivity index (χ3n) is 5.00. The molecule has 2 aromatic carbocycles. The molecule has 0 radical (unpaired) electrons. The van der Waals surface area contributed by atoms with Crippen molar-refractivity contribution in [2.75, 3.05) is 13.2 Å². The van der Waals surface area contributed by atoms with Gasteiger partial charge in [-0.3, -0.25) is 0 Å². The van der Waals surface area contributed by atoms with Gasteiger partial charge in [0.1, 0.15) is 6.61 Å². The van der Waals surface area contributed by atoms with E-state index in [1.165, 1.54) is 22.3 Å². The molecule has 1 aliphatic carbocycles. The number of amides is 1. The topological polar surface area (TPSA) is 71.7 Å². The lowest BCUT2D eigenvalue weighted by molar-refractivity contribution is 0.136. The van der Waals surface area contributed by atoms with Crippen molar-refractivity contribution in [3.05, 3.63) is 83.8 Å². The van der Waals surface area contributed by atoms with Crippen molar-refractivity contribution in [2.24, 2.45) is 0 Å². The highest BCUT2D eigenvalue weighted by atomic mass is 16.5. The fourth-order valence-electron chi connectivity index (χ4n) is 3.71. The molecule has 2 N–H and O–H groups in total. The molecule has 0 saturated carbocycles. The largest absolute Gasteiger partial charge is 0.472 e. The number of benzene rings is 2. The molecule has 5 heteroatoms. The van der Waals surface area contributed by atoms with Crippen molar-refractivity contribution < 1.29 is 19.1 Å². The summed E-state index contributed by atoms with van der Waals surface area (Å²) in [5.74, 6) is 0.0216. The van der Waals surface area contributed by atoms with E-state index >= 15 is 0 Å². The number of carbonyl (C=O) groups is 1. The van der Waals surface area contributed by atoms with Crippen LogP contribution < -0.4 is 5.32 Å². The maximum absolute atomic E-state index is 12.4. The molecule has 0 saturated heterocycles. The Kier molecular flexibility index (Phi) is 4.94. The minimum Gasteiger partial charge on any atom is -0.472 e. The van der Waals surface area contributed by atoms with E-state index in [0.717, 1.165) is 5.56 Å². The first-order valence-electron chi connectivity index (χ1n) is 9.02. The molecule has 1 aliphatic rings. The van der Waals surface area contributed by atoms with E-state index in [0.29, 0.717) is 6.42 Å². The van der Waals surface area contributed by atoms with Crippen molar-refractivity contribution in [2.45, 2.75) is 18.4 Å². The van der Waals surface area contributed by atoms with Crippen molar-refractivity contribution in [3.63, 3.8) is 0 Å². The molecule has 27 heavy (non-hydrogen) atoms. The number of hydrogen-bond acceptors (Lipinski definition) is 4. The second kappa shape index (κ2) is 7.68. The number of carbonyl (C=O) groups excluding carboxylic acids is 1. The summed E-state index contributed by atoms with van der Waals surface area (Å²) in [5, 5.41) is 12.1. The van der Waals surface area contributed by atoms with E-state index in [4.69, 9.17) is 9.15 Å². The van der Waals surface area contributed by atoms with Crippen LogP contribution in [0.2, 0.25) is 0 Å². The van der Waals surface area contributed by atoms with Crippen molar-refractivity contribution in [1.82, 2.24) is 5.32 Å². The van der Waals surface area contributed by atoms with Crippen LogP contribution in [0.15, 0.2) is 71.5 Å². The zero-order valence-corrected chi connectivity index (χ0v) is 14.8. The second-order valence-corrected chi connectivity index (χ2v) is 6.59. The summed E-state index contributed by atoms with van der Waals surface area (Å²) in [5.41, 5.74) is 5.54. The maximum Gasteiger partial charge on any atom is 0.407 e. The van der Waals surface area contributed by atoms with Crippen LogP contribution in [0.4, 0.5) is 4.79 Å². The summed E-state index contributed by atoms with van der Waals surface area (Å²) < 4.78 is 10.6. The fourth-order valence-corrected chi connectivity index (χ4v) is 3.71. The molecule has 3 aromatic rings. The van der Waals surface area contributed by atoms with Gasteiger partial charge in [0.2, 0.25) is 0 Å². The van der Waals surface area contributed by atoms with Gasteiger partial charge in [0.25, 0.3) is 0 Å². The highest BCUT2D eigenvalue weighted by Crippen LogP contribution is 2.44. The van der Waals surface area contributed by atoms with Crippen molar-refractivity contribution >= 4 is 6.09 Å². The van der Waals surface area contributed by atoms with E-state index < -0.39 is 6.09 Å². The van der Waals surface area contributed by atoms with E-state index in [2.05, 4.69) is 29.6 Å². The van der Waals surface area contributed by atoms with Crippen LogP contribution in [0.5, 0.6) is 0 Å². The van der Waals surface area contributed by atoms with Gasteiger partial charge < -0.3 is 19.6 Å². The van der Waals surface area contributed by atoms with Crippen LogP contribution in [0.1, 0.15) is 35.1 Å². The van der Waals surface area contributed by atoms with E-state index in [1.54, 1.807) is 18.6 Å². The summed E-state index contributed by atoms with van der Waals surface area (Å²) >= 11 is 0. The Bertz CT molecular complexity index is 874. The van der Waals surface area contributed by atoms with Crippen LogP contribution in [0, 0.1) is 0 Å². The summed E-state index contributed by atoms with van der Waals surface area (Å²) in [4.78, 5) is 12.4. The lowest BCUT2D eigenvalue weighted by Crippen LogP contribution is -2.30. The van der Waals surface area contributed by atoms with Gasteiger partial charge in [-0.2, -0.15) is 0 Å². The van der Waals surface area contributed by atoms with Crippen LogP contribution in [0.3, 0.4) is 0 Å². The first-order chi connectivity index (χ1) is 13.3. The average molecular weight is 363 g/mol. The molecule has 0 fully saturated rings. The Labute approximate surface area is 157 Å². The number of aliphatic hydroxyl groups is 1. The fraction of sp³-hybridized carbons (Fsp3) is 0.227. The third kappa shape index (κ3) is 3.46. The summed E-state index contributed by atoms with van der Waals surface area (Å²) in [7, 11) is 0. The molecule has 0 aliphatic heterocycles. The lowest BCUT2D eigenvalue weighted by Gasteiger charge is -2.18. The van der Waals surface area contributed by atoms with E-state index in [9.17, 15) is 9.90 Å². The van der Waals surface area contributed by atoms with Crippen LogP contribution in [-0.2, 0) is 4.74 Å². The van der Waals surface area contributed by atoms with Crippen molar-refractivity contribution in [3.8, 4) is 11.1 Å². The first-order valence-corrected chi connectivity index (χ1v) is 9.02. The van der Waals surface area contributed by atoms with Gasteiger partial charge in [-0.05, 0) is 34.7 Å². The smallest absolute Gasteiger partial charge is 0.407 e. The zero-order valence-electron chi connectivity index (χ0n) is 14.8. The van der Waals surface area contributed by atoms with Crippen LogP contribution >= 0.6 is 0 Å². The number of aliphatic hydroxyl groups excluding tert-OH is 1. The molecule has 0 unspecified atom stereocenters. The van der Waals surface area contributed by atoms with Gasteiger partial charge in [-0.1, -0.05) is 48.5 Å². The molecule has 1 aromatic heterocycles. The predicted molar refractivity (Wildman–Crippen MR) is 101 cm³/mol. The quantitative estimate of drug-likeness (QED) is 0.687. The minimum absolute atomic E-state index is 0.0216. The molecule has 138 valence electrons. The molecule has 0 spiro atoms. The number of ether oxygens (including phenoxy) is 1. The Morgan fingerprint density at radius 2 is 1.74 bits per heavy atom. The van der Waals surface area contributed by atoms with E-state index in [-0.39, 0.29) is 25.2 Å². The maximum atomic E-state index is 12.4. The molecule has 4 rings (SSSR count). The normalized spacial score (nSPS) is 13.7. The molecule has 1 atom stereocenters. The van der Waals surface area contributed by atoms with E-state index in [1.807, 2.05) is 24.3 Å². The number of hydrogen-bond donors (Lipinski definition) is 2. The van der Waals surface area contributed by atoms with Gasteiger partial charge in [0.05, 0.1) is 18.6 Å². The number of alkyl carbamates (subject to hydrolysis) is 1. The number of nitrogens with one attached hydrogen (secondary N) is 1. The van der Waals surface area contributed by atoms with Gasteiger partial charge in [-0.25, -0.2) is 4.79 Å². The average Bonchev–Trinajstić information content (AvgIpc) is 3.33. The Morgan fingerprint density at radius 3 is 2.33 bits per heavy atom. The van der Waals surface area contributed by atoms with Gasteiger partial charge in [-0.15, -0.1) is 0 Å². The van der Waals surface area contributed by atoms with Crippen LogP contribution in [-0.4, -0.2) is 24.4 Å². The molecule has 0 bridgehead atoms. The van der Waals surface area contributed by atoms with Gasteiger partial charge in [0.15, 0.2) is 0 Å². The number of fused-ring (bicyclic) bond motifs is 3. The highest BCUT2D eigenvalue weighted by Gasteiger charge is 2.29. The molecule has 1 amide bonds. The highest BCUT2D eigenvalue weighted by molar-refractivity contribution is 5.79. The van der Waals surface area contributed by atoms with Gasteiger partial charge in [0, 0.05) is 18.1 Å². The number of furan rings is 1. The SMILES string of the molecule is O=C(N[C@H](CCO)c1ccoc1)OCC1c2ccccc2-c2ccccc21. The minimum atomic E-state index is -0.503. The Hall–Kier alpha value is -3.05. The Balaban J connectivity index is 1.46. The first kappa shape index (κ1) is 17.4. The molecular formula is C22H21NO4. The number of rotatable bonds is 6. The predicted octanol–water partition coefficient (Wildman–Crippen LogP) is 4.24. The third-order valence-corrected chi connectivity index (χ3v) is 5.00. The van der Waals surface area contributed by atoms with Crippen LogP contribution in [0.25, 0.3) is 11.1 Å². The van der Waals surface area contributed by atoms with Crippen molar-refractivity contribution in [1.29, 1.82) is 0 Å². The second-order valence-electron chi connectivity index (χ2n) is 6.59. The van der Waals surface area contributed by atoms with Gasteiger partial charge >= 0.3 is 6.09 Å².